The number of nitrogens with zero attached hydrogens (tertiary/aromatic N) is 2. The molecule has 3 rings (SSSR count). The van der Waals surface area contributed by atoms with E-state index in [2.05, 4.69) is 27.6 Å². The average Bonchev–Trinajstić information content (AvgIpc) is 2.27. The third-order valence-electron chi connectivity index (χ3n) is 2.62. The van der Waals surface area contributed by atoms with Crippen LogP contribution in [0, 0.1) is 9.39 Å². The summed E-state index contributed by atoms with van der Waals surface area (Å²) in [6.45, 7) is 0.553. The second kappa shape index (κ2) is 3.69. The average molecular weight is 326 g/mol. The summed E-state index contributed by atoms with van der Waals surface area (Å²) >= 11 is 2.10. The fraction of sp³-hybridized carbons (Fsp3) is 0.0833. The molecule has 0 bridgehead atoms. The van der Waals surface area contributed by atoms with E-state index in [0.29, 0.717) is 12.1 Å². The second-order valence-corrected chi connectivity index (χ2v) is 4.93. The van der Waals surface area contributed by atoms with Crippen LogP contribution in [-0.4, -0.2) is 10.7 Å². The molecule has 0 saturated heterocycles. The Labute approximate surface area is 106 Å². The first kappa shape index (κ1) is 10.0. The van der Waals surface area contributed by atoms with Crippen molar-refractivity contribution in [1.82, 2.24) is 4.90 Å². The number of halogens is 2. The first-order valence-corrected chi connectivity index (χ1v) is 6.00. The molecule has 0 fully saturated rings. The van der Waals surface area contributed by atoms with Crippen LogP contribution < -0.4 is 0 Å². The molecule has 0 atom stereocenters. The minimum atomic E-state index is -0.173. The quantitative estimate of drug-likeness (QED) is 0.668. The van der Waals surface area contributed by atoms with Gasteiger partial charge in [0, 0.05) is 15.3 Å². The highest BCUT2D eigenvalue weighted by atomic mass is 127. The van der Waals surface area contributed by atoms with Crippen molar-refractivity contribution < 1.29 is 4.39 Å². The van der Waals surface area contributed by atoms with Gasteiger partial charge in [-0.1, -0.05) is 6.08 Å². The van der Waals surface area contributed by atoms with Crippen LogP contribution in [0.15, 0.2) is 41.6 Å². The molecule has 2 heterocycles. The Bertz CT molecular complexity index is 546. The molecule has 1 aromatic rings. The van der Waals surface area contributed by atoms with Gasteiger partial charge in [-0.25, -0.2) is 9.38 Å². The molecule has 0 unspecified atom stereocenters. The Morgan fingerprint density at radius 3 is 3.06 bits per heavy atom. The van der Waals surface area contributed by atoms with E-state index in [1.807, 2.05) is 35.4 Å². The number of aliphatic imine (C=N–C) groups is 1. The fourth-order valence-corrected chi connectivity index (χ4v) is 2.41. The minimum Gasteiger partial charge on any atom is -0.328 e. The highest BCUT2D eigenvalue weighted by Crippen LogP contribution is 2.31. The van der Waals surface area contributed by atoms with E-state index in [-0.39, 0.29) is 5.82 Å². The first-order valence-electron chi connectivity index (χ1n) is 4.92. The number of amidine groups is 1. The van der Waals surface area contributed by atoms with Gasteiger partial charge in [-0.2, -0.15) is 0 Å². The number of hydrogen-bond donors (Lipinski definition) is 0. The van der Waals surface area contributed by atoms with Crippen LogP contribution >= 0.6 is 22.6 Å². The van der Waals surface area contributed by atoms with E-state index < -0.39 is 0 Å². The van der Waals surface area contributed by atoms with Gasteiger partial charge in [-0.05, 0) is 46.9 Å². The Morgan fingerprint density at radius 1 is 1.31 bits per heavy atom. The molecule has 0 radical (unpaired) electrons. The van der Waals surface area contributed by atoms with Crippen molar-refractivity contribution >= 4 is 34.1 Å². The molecule has 2 aliphatic heterocycles. The van der Waals surface area contributed by atoms with Crippen molar-refractivity contribution in [3.63, 3.8) is 0 Å². The zero-order chi connectivity index (χ0) is 11.1. The highest BCUT2D eigenvalue weighted by molar-refractivity contribution is 14.1. The smallest absolute Gasteiger partial charge is 0.133 e. The number of rotatable bonds is 0. The number of benzene rings is 1. The summed E-state index contributed by atoms with van der Waals surface area (Å²) < 4.78 is 14.6. The summed E-state index contributed by atoms with van der Waals surface area (Å²) in [6.07, 6.45) is 7.71. The predicted molar refractivity (Wildman–Crippen MR) is 70.0 cm³/mol. The van der Waals surface area contributed by atoms with Crippen molar-refractivity contribution in [2.24, 2.45) is 4.99 Å². The van der Waals surface area contributed by atoms with Gasteiger partial charge in [0.05, 0.1) is 12.2 Å². The molecule has 0 saturated carbocycles. The van der Waals surface area contributed by atoms with Crippen LogP contribution in [0.3, 0.4) is 0 Å². The van der Waals surface area contributed by atoms with Gasteiger partial charge in [-0.15, -0.1) is 0 Å². The van der Waals surface area contributed by atoms with Gasteiger partial charge in [0.2, 0.25) is 0 Å². The van der Waals surface area contributed by atoms with Crippen LogP contribution in [0.25, 0.3) is 0 Å². The maximum absolute atomic E-state index is 13.7. The normalized spacial score (nSPS) is 16.9. The molecule has 2 nitrogen and oxygen atoms in total. The lowest BCUT2D eigenvalue weighted by Crippen LogP contribution is -2.28. The van der Waals surface area contributed by atoms with E-state index in [1.54, 1.807) is 6.07 Å². The van der Waals surface area contributed by atoms with E-state index in [1.165, 1.54) is 0 Å². The second-order valence-electron chi connectivity index (χ2n) is 3.68. The molecule has 80 valence electrons. The summed E-state index contributed by atoms with van der Waals surface area (Å²) in [4.78, 5) is 6.39. The summed E-state index contributed by atoms with van der Waals surface area (Å²) in [7, 11) is 0. The van der Waals surface area contributed by atoms with Crippen molar-refractivity contribution in [1.29, 1.82) is 0 Å². The fourth-order valence-electron chi connectivity index (χ4n) is 1.84. The monoisotopic (exact) mass is 326 g/mol. The van der Waals surface area contributed by atoms with Crippen LogP contribution in [-0.2, 0) is 6.54 Å². The van der Waals surface area contributed by atoms with E-state index >= 15 is 0 Å². The van der Waals surface area contributed by atoms with Crippen LogP contribution in [0.5, 0.6) is 0 Å². The lowest BCUT2D eigenvalue weighted by atomic mass is 10.1. The molecular weight excluding hydrogens is 318 g/mol. The van der Waals surface area contributed by atoms with Gasteiger partial charge in [0.15, 0.2) is 0 Å². The Kier molecular flexibility index (Phi) is 2.31. The van der Waals surface area contributed by atoms with E-state index in [9.17, 15) is 4.39 Å². The lowest BCUT2D eigenvalue weighted by molar-refractivity contribution is 0.511. The van der Waals surface area contributed by atoms with Crippen molar-refractivity contribution in [2.45, 2.75) is 6.54 Å². The third-order valence-corrected chi connectivity index (χ3v) is 3.24. The topological polar surface area (TPSA) is 15.6 Å². The summed E-state index contributed by atoms with van der Waals surface area (Å²) in [5.41, 5.74) is 1.42. The number of hydrogen-bond acceptors (Lipinski definition) is 2. The zero-order valence-corrected chi connectivity index (χ0v) is 10.5. The zero-order valence-electron chi connectivity index (χ0n) is 8.32. The minimum absolute atomic E-state index is 0.173. The Morgan fingerprint density at radius 2 is 2.19 bits per heavy atom. The number of fused-ring (bicyclic) bond motifs is 2. The Hall–Kier alpha value is -1.17. The van der Waals surface area contributed by atoms with Gasteiger partial charge in [-0.3, -0.25) is 0 Å². The predicted octanol–water partition coefficient (Wildman–Crippen LogP) is 3.36. The third kappa shape index (κ3) is 1.57. The molecule has 0 aliphatic carbocycles. The number of allylic oxidation sites excluding steroid dienone is 2. The van der Waals surface area contributed by atoms with Crippen LogP contribution in [0.4, 0.5) is 10.1 Å². The van der Waals surface area contributed by atoms with Crippen molar-refractivity contribution in [2.75, 3.05) is 0 Å². The molecule has 1 aromatic carbocycles. The first-order chi connectivity index (χ1) is 7.74. The molecule has 0 aromatic heterocycles. The van der Waals surface area contributed by atoms with E-state index in [4.69, 9.17) is 0 Å². The van der Waals surface area contributed by atoms with Crippen molar-refractivity contribution in [3.8, 4) is 0 Å². The molecule has 4 heteroatoms. The molecule has 0 amide bonds. The summed E-state index contributed by atoms with van der Waals surface area (Å²) in [5, 5.41) is 0. The lowest BCUT2D eigenvalue weighted by Gasteiger charge is -2.27. The van der Waals surface area contributed by atoms with Crippen molar-refractivity contribution in [3.05, 3.63) is 51.5 Å². The van der Waals surface area contributed by atoms with E-state index in [0.717, 1.165) is 15.1 Å². The van der Waals surface area contributed by atoms with Gasteiger partial charge in [0.1, 0.15) is 11.7 Å². The van der Waals surface area contributed by atoms with Crippen LogP contribution in [0.1, 0.15) is 5.56 Å². The highest BCUT2D eigenvalue weighted by Gasteiger charge is 2.20. The maximum atomic E-state index is 13.7. The van der Waals surface area contributed by atoms with Crippen LogP contribution in [0.2, 0.25) is 0 Å². The molecular formula is C12H8FIN2. The van der Waals surface area contributed by atoms with Gasteiger partial charge >= 0.3 is 0 Å². The summed E-state index contributed by atoms with van der Waals surface area (Å²) in [5.74, 6) is 0.698. The Balaban J connectivity index is 2.17. The standard InChI is InChI=1S/C12H8FIN2/c13-10-5-8(14)6-11-9(10)7-16-4-2-1-3-12(16)15-11/h1-6H,7H2. The van der Waals surface area contributed by atoms with Gasteiger partial charge < -0.3 is 4.90 Å². The summed E-state index contributed by atoms with van der Waals surface area (Å²) in [6, 6.07) is 3.46. The maximum Gasteiger partial charge on any atom is 0.133 e. The molecule has 0 N–H and O–H groups in total. The van der Waals surface area contributed by atoms with Gasteiger partial charge in [0.25, 0.3) is 0 Å². The molecule has 2 aliphatic rings. The molecule has 0 spiro atoms. The largest absolute Gasteiger partial charge is 0.328 e. The molecule has 16 heavy (non-hydrogen) atoms. The SMILES string of the molecule is Fc1cc(I)cc2c1CN1C=CC=CC1=N2.